The van der Waals surface area contributed by atoms with Crippen molar-refractivity contribution in [2.75, 3.05) is 5.32 Å². The summed E-state index contributed by atoms with van der Waals surface area (Å²) in [6.07, 6.45) is 5.02. The molecule has 0 fully saturated rings. The molecular formula is C27H21F2N7. The summed E-state index contributed by atoms with van der Waals surface area (Å²) in [7, 11) is 0. The lowest BCUT2D eigenvalue weighted by atomic mass is 10.0. The number of hydrogen-bond donors (Lipinski definition) is 3. The molecule has 6 rings (SSSR count). The van der Waals surface area contributed by atoms with Gasteiger partial charge in [0.2, 0.25) is 0 Å². The molecule has 36 heavy (non-hydrogen) atoms. The van der Waals surface area contributed by atoms with Gasteiger partial charge in [-0.2, -0.15) is 5.10 Å². The minimum absolute atomic E-state index is 0.220. The van der Waals surface area contributed by atoms with Crippen LogP contribution in [0.25, 0.3) is 55.8 Å². The maximum Gasteiger partial charge on any atom is 0.159 e. The predicted octanol–water partition coefficient (Wildman–Crippen LogP) is 6.33. The molecule has 0 amide bonds. The van der Waals surface area contributed by atoms with Crippen molar-refractivity contribution in [1.29, 1.82) is 0 Å². The highest BCUT2D eigenvalue weighted by atomic mass is 19.1. The molecule has 0 aliphatic carbocycles. The van der Waals surface area contributed by atoms with E-state index in [1.807, 2.05) is 26.0 Å². The molecule has 0 saturated heterocycles. The average molecular weight is 482 g/mol. The molecule has 3 N–H and O–H groups in total. The van der Waals surface area contributed by atoms with Crippen molar-refractivity contribution in [2.45, 2.75) is 19.9 Å². The summed E-state index contributed by atoms with van der Waals surface area (Å²) in [5.74, 6) is -0.187. The summed E-state index contributed by atoms with van der Waals surface area (Å²) >= 11 is 0. The van der Waals surface area contributed by atoms with E-state index in [1.165, 1.54) is 18.2 Å². The second-order valence-corrected chi connectivity index (χ2v) is 8.86. The molecule has 7 nitrogen and oxygen atoms in total. The number of halogens is 2. The van der Waals surface area contributed by atoms with E-state index in [2.05, 4.69) is 30.5 Å². The first-order valence-corrected chi connectivity index (χ1v) is 11.5. The molecule has 4 aromatic heterocycles. The van der Waals surface area contributed by atoms with Crippen molar-refractivity contribution in [1.82, 2.24) is 30.1 Å². The first kappa shape index (κ1) is 21.8. The summed E-state index contributed by atoms with van der Waals surface area (Å²) in [6.45, 7) is 4.06. The molecule has 0 atom stereocenters. The zero-order valence-electron chi connectivity index (χ0n) is 19.5. The molecule has 178 valence electrons. The Kier molecular flexibility index (Phi) is 5.18. The number of benzene rings is 2. The van der Waals surface area contributed by atoms with Crippen molar-refractivity contribution in [3.63, 3.8) is 0 Å². The third-order valence-corrected chi connectivity index (χ3v) is 5.90. The number of hydrogen-bond acceptors (Lipinski definition) is 5. The number of pyridine rings is 2. The molecule has 0 radical (unpaired) electrons. The number of nitrogens with zero attached hydrogens (tertiary/aromatic N) is 4. The Morgan fingerprint density at radius 3 is 2.53 bits per heavy atom. The van der Waals surface area contributed by atoms with Gasteiger partial charge in [0.1, 0.15) is 22.8 Å². The lowest BCUT2D eigenvalue weighted by molar-refractivity contribution is 0.628. The number of rotatable bonds is 5. The van der Waals surface area contributed by atoms with Gasteiger partial charge < -0.3 is 10.3 Å². The van der Waals surface area contributed by atoms with Gasteiger partial charge in [-0.05, 0) is 56.3 Å². The summed E-state index contributed by atoms with van der Waals surface area (Å²) in [6, 6.07) is 13.2. The van der Waals surface area contributed by atoms with Gasteiger partial charge in [-0.25, -0.2) is 13.8 Å². The topological polar surface area (TPSA) is 95.2 Å². The van der Waals surface area contributed by atoms with E-state index in [0.29, 0.717) is 44.8 Å². The number of H-pyrrole nitrogens is 2. The standard InChI is InChI=1S/C27H21F2N7/c1-14(2)32-18-9-16(12-30-13-18)19-10-20-23(11-21(19)29)35-36-25(20)27-33-22-7-8-31-24(26(22)34-27)15-3-5-17(28)6-4-15/h3-14,32H,1-2H3,(H,33,34)(H,35,36). The minimum atomic E-state index is -0.381. The van der Waals surface area contributed by atoms with Crippen LogP contribution in [-0.2, 0) is 0 Å². The van der Waals surface area contributed by atoms with Gasteiger partial charge in [-0.15, -0.1) is 0 Å². The van der Waals surface area contributed by atoms with Crippen molar-refractivity contribution in [3.8, 4) is 33.9 Å². The van der Waals surface area contributed by atoms with Crippen LogP contribution >= 0.6 is 0 Å². The number of nitrogens with one attached hydrogen (secondary N) is 3. The fourth-order valence-electron chi connectivity index (χ4n) is 4.31. The summed E-state index contributed by atoms with van der Waals surface area (Å²) in [4.78, 5) is 16.8. The SMILES string of the molecule is CC(C)Nc1cncc(-c2cc3c(-c4nc5c(-c6ccc(F)cc6)nccc5[nH]4)n[nH]c3cc2F)c1. The normalized spacial score (nSPS) is 11.6. The molecule has 0 aliphatic heterocycles. The fraction of sp³-hybridized carbons (Fsp3) is 0.111. The van der Waals surface area contributed by atoms with Crippen LogP contribution in [-0.4, -0.2) is 36.2 Å². The van der Waals surface area contributed by atoms with E-state index in [-0.39, 0.29) is 17.7 Å². The molecule has 0 unspecified atom stereocenters. The van der Waals surface area contributed by atoms with Gasteiger partial charge in [-0.1, -0.05) is 0 Å². The van der Waals surface area contributed by atoms with Crippen LogP contribution in [0.5, 0.6) is 0 Å². The molecule has 0 spiro atoms. The van der Waals surface area contributed by atoms with Crippen LogP contribution in [0, 0.1) is 11.6 Å². The highest BCUT2D eigenvalue weighted by molar-refractivity contribution is 5.97. The van der Waals surface area contributed by atoms with E-state index in [0.717, 1.165) is 16.8 Å². The first-order valence-electron chi connectivity index (χ1n) is 11.5. The number of aromatic amines is 2. The van der Waals surface area contributed by atoms with Gasteiger partial charge >= 0.3 is 0 Å². The quantitative estimate of drug-likeness (QED) is 0.268. The van der Waals surface area contributed by atoms with E-state index < -0.39 is 0 Å². The Hall–Kier alpha value is -4.66. The Morgan fingerprint density at radius 1 is 0.889 bits per heavy atom. The fourth-order valence-corrected chi connectivity index (χ4v) is 4.31. The van der Waals surface area contributed by atoms with Gasteiger partial charge in [0.25, 0.3) is 0 Å². The molecule has 6 aromatic rings. The van der Waals surface area contributed by atoms with Crippen molar-refractivity contribution < 1.29 is 8.78 Å². The van der Waals surface area contributed by atoms with Gasteiger partial charge in [0, 0.05) is 52.8 Å². The smallest absolute Gasteiger partial charge is 0.159 e. The Morgan fingerprint density at radius 2 is 1.72 bits per heavy atom. The minimum Gasteiger partial charge on any atom is -0.382 e. The largest absolute Gasteiger partial charge is 0.382 e. The van der Waals surface area contributed by atoms with Crippen LogP contribution in [0.3, 0.4) is 0 Å². The van der Waals surface area contributed by atoms with E-state index >= 15 is 4.39 Å². The van der Waals surface area contributed by atoms with Gasteiger partial charge in [0.05, 0.1) is 22.4 Å². The summed E-state index contributed by atoms with van der Waals surface area (Å²) in [5, 5.41) is 11.3. The van der Waals surface area contributed by atoms with Crippen LogP contribution in [0.2, 0.25) is 0 Å². The zero-order chi connectivity index (χ0) is 24.8. The second-order valence-electron chi connectivity index (χ2n) is 8.86. The zero-order valence-corrected chi connectivity index (χ0v) is 19.5. The lowest BCUT2D eigenvalue weighted by Gasteiger charge is -2.11. The van der Waals surface area contributed by atoms with Crippen molar-refractivity contribution in [2.24, 2.45) is 0 Å². The van der Waals surface area contributed by atoms with E-state index in [4.69, 9.17) is 4.98 Å². The highest BCUT2D eigenvalue weighted by Gasteiger charge is 2.18. The summed E-state index contributed by atoms with van der Waals surface area (Å²) in [5.41, 5.74) is 5.75. The highest BCUT2D eigenvalue weighted by Crippen LogP contribution is 2.34. The predicted molar refractivity (Wildman–Crippen MR) is 136 cm³/mol. The van der Waals surface area contributed by atoms with Gasteiger partial charge in [-0.3, -0.25) is 15.1 Å². The summed E-state index contributed by atoms with van der Waals surface area (Å²) < 4.78 is 28.5. The van der Waals surface area contributed by atoms with Crippen LogP contribution in [0.1, 0.15) is 13.8 Å². The van der Waals surface area contributed by atoms with Crippen LogP contribution in [0.15, 0.2) is 67.1 Å². The van der Waals surface area contributed by atoms with Crippen molar-refractivity contribution >= 4 is 27.6 Å². The van der Waals surface area contributed by atoms with E-state index in [1.54, 1.807) is 36.8 Å². The Labute approximate surface area is 204 Å². The van der Waals surface area contributed by atoms with E-state index in [9.17, 15) is 4.39 Å². The Balaban J connectivity index is 1.47. The number of aromatic nitrogens is 6. The maximum absolute atomic E-state index is 15.1. The number of anilines is 1. The van der Waals surface area contributed by atoms with Crippen molar-refractivity contribution in [3.05, 3.63) is 78.8 Å². The van der Waals surface area contributed by atoms with Gasteiger partial charge in [0.15, 0.2) is 5.82 Å². The monoisotopic (exact) mass is 481 g/mol. The third-order valence-electron chi connectivity index (χ3n) is 5.90. The molecular weight excluding hydrogens is 460 g/mol. The molecule has 2 aromatic carbocycles. The average Bonchev–Trinajstić information content (AvgIpc) is 3.47. The van der Waals surface area contributed by atoms with Crippen LogP contribution < -0.4 is 5.32 Å². The number of fused-ring (bicyclic) bond motifs is 2. The first-order chi connectivity index (χ1) is 17.5. The number of imidazole rings is 1. The second kappa shape index (κ2) is 8.53. The maximum atomic E-state index is 15.1. The van der Waals surface area contributed by atoms with Crippen LogP contribution in [0.4, 0.5) is 14.5 Å². The lowest BCUT2D eigenvalue weighted by Crippen LogP contribution is -2.09. The molecule has 0 bridgehead atoms. The third kappa shape index (κ3) is 3.84. The molecule has 9 heteroatoms. The Bertz CT molecular complexity index is 1720. The molecule has 0 aliphatic rings. The molecule has 0 saturated carbocycles. The molecule has 4 heterocycles.